The minimum atomic E-state index is -0.276. The van der Waals surface area contributed by atoms with Crippen LogP contribution in [0.4, 0.5) is 0 Å². The standard InChI is InChI=1S/C7H14O3/c1-10-7-3-6(9)2-5(7)4-8/h5-9H,2-4H2,1H3/t5-,6-,7?/m0/s1. The van der Waals surface area contributed by atoms with Gasteiger partial charge in [0.1, 0.15) is 0 Å². The highest BCUT2D eigenvalue weighted by atomic mass is 16.5. The Morgan fingerprint density at radius 2 is 2.20 bits per heavy atom. The van der Waals surface area contributed by atoms with E-state index in [1.54, 1.807) is 7.11 Å². The minimum Gasteiger partial charge on any atom is -0.396 e. The van der Waals surface area contributed by atoms with Gasteiger partial charge < -0.3 is 14.9 Å². The topological polar surface area (TPSA) is 49.7 Å². The zero-order valence-corrected chi connectivity index (χ0v) is 6.16. The molecule has 60 valence electrons. The summed E-state index contributed by atoms with van der Waals surface area (Å²) in [6.07, 6.45) is 1.12. The van der Waals surface area contributed by atoms with Crippen LogP contribution in [0.25, 0.3) is 0 Å². The molecule has 3 heteroatoms. The predicted octanol–water partition coefficient (Wildman–Crippen LogP) is -0.235. The lowest BCUT2D eigenvalue weighted by Gasteiger charge is -2.13. The van der Waals surface area contributed by atoms with Crippen LogP contribution in [0.5, 0.6) is 0 Å². The summed E-state index contributed by atoms with van der Waals surface area (Å²) in [7, 11) is 1.62. The second-order valence-corrected chi connectivity index (χ2v) is 2.84. The van der Waals surface area contributed by atoms with Crippen LogP contribution in [-0.2, 0) is 4.74 Å². The lowest BCUT2D eigenvalue weighted by molar-refractivity contribution is 0.0439. The lowest BCUT2D eigenvalue weighted by Crippen LogP contribution is -2.19. The number of hydrogen-bond donors (Lipinski definition) is 2. The Hall–Kier alpha value is -0.120. The van der Waals surface area contributed by atoms with Gasteiger partial charge in [0, 0.05) is 19.6 Å². The second kappa shape index (κ2) is 3.32. The summed E-state index contributed by atoms with van der Waals surface area (Å²) in [5, 5.41) is 17.9. The molecule has 0 spiro atoms. The summed E-state index contributed by atoms with van der Waals surface area (Å²) in [5.41, 5.74) is 0. The third-order valence-corrected chi connectivity index (χ3v) is 2.14. The number of aliphatic hydroxyl groups excluding tert-OH is 2. The third-order valence-electron chi connectivity index (χ3n) is 2.14. The summed E-state index contributed by atoms with van der Waals surface area (Å²) in [4.78, 5) is 0. The van der Waals surface area contributed by atoms with E-state index >= 15 is 0 Å². The molecule has 10 heavy (non-hydrogen) atoms. The van der Waals surface area contributed by atoms with Gasteiger partial charge in [0.25, 0.3) is 0 Å². The molecular weight excluding hydrogens is 132 g/mol. The molecular formula is C7H14O3. The molecule has 0 aromatic rings. The van der Waals surface area contributed by atoms with Crippen LogP contribution in [0.15, 0.2) is 0 Å². The van der Waals surface area contributed by atoms with Gasteiger partial charge in [0.15, 0.2) is 0 Å². The van der Waals surface area contributed by atoms with Crippen molar-refractivity contribution in [2.75, 3.05) is 13.7 Å². The van der Waals surface area contributed by atoms with Crippen LogP contribution in [0.1, 0.15) is 12.8 Å². The van der Waals surface area contributed by atoms with Gasteiger partial charge >= 0.3 is 0 Å². The van der Waals surface area contributed by atoms with E-state index in [4.69, 9.17) is 14.9 Å². The van der Waals surface area contributed by atoms with Crippen molar-refractivity contribution in [1.29, 1.82) is 0 Å². The Morgan fingerprint density at radius 3 is 2.60 bits per heavy atom. The molecule has 1 aliphatic carbocycles. The first kappa shape index (κ1) is 7.98. The molecule has 0 saturated heterocycles. The van der Waals surface area contributed by atoms with Crippen molar-refractivity contribution in [2.24, 2.45) is 5.92 Å². The summed E-state index contributed by atoms with van der Waals surface area (Å²) in [6, 6.07) is 0. The lowest BCUT2D eigenvalue weighted by atomic mass is 10.1. The highest BCUT2D eigenvalue weighted by Gasteiger charge is 2.32. The molecule has 2 N–H and O–H groups in total. The summed E-state index contributed by atoms with van der Waals surface area (Å²) in [5.74, 6) is 0.139. The van der Waals surface area contributed by atoms with Gasteiger partial charge in [-0.3, -0.25) is 0 Å². The molecule has 1 unspecified atom stereocenters. The average Bonchev–Trinajstić information content (AvgIpc) is 2.30. The number of methoxy groups -OCH3 is 1. The molecule has 0 heterocycles. The average molecular weight is 146 g/mol. The predicted molar refractivity (Wildman–Crippen MR) is 36.6 cm³/mol. The van der Waals surface area contributed by atoms with Crippen molar-refractivity contribution < 1.29 is 14.9 Å². The van der Waals surface area contributed by atoms with E-state index in [1.807, 2.05) is 0 Å². The fourth-order valence-corrected chi connectivity index (χ4v) is 1.54. The first-order chi connectivity index (χ1) is 4.77. The summed E-state index contributed by atoms with van der Waals surface area (Å²) < 4.78 is 5.07. The number of ether oxygens (including phenoxy) is 1. The van der Waals surface area contributed by atoms with E-state index in [0.29, 0.717) is 12.8 Å². The first-order valence-electron chi connectivity index (χ1n) is 3.59. The van der Waals surface area contributed by atoms with Crippen LogP contribution in [-0.4, -0.2) is 36.1 Å². The zero-order valence-electron chi connectivity index (χ0n) is 6.16. The fraction of sp³-hybridized carbons (Fsp3) is 1.00. The van der Waals surface area contributed by atoms with E-state index < -0.39 is 0 Å². The minimum absolute atomic E-state index is 0.0556. The zero-order chi connectivity index (χ0) is 7.56. The molecule has 0 aromatic carbocycles. The first-order valence-corrected chi connectivity index (χ1v) is 3.59. The maximum atomic E-state index is 9.14. The van der Waals surface area contributed by atoms with E-state index in [0.717, 1.165) is 0 Å². The number of rotatable bonds is 2. The maximum absolute atomic E-state index is 9.14. The molecule has 3 nitrogen and oxygen atoms in total. The molecule has 0 bridgehead atoms. The van der Waals surface area contributed by atoms with Gasteiger partial charge in [-0.2, -0.15) is 0 Å². The summed E-state index contributed by atoms with van der Waals surface area (Å²) >= 11 is 0. The van der Waals surface area contributed by atoms with E-state index in [-0.39, 0.29) is 24.7 Å². The van der Waals surface area contributed by atoms with Crippen molar-refractivity contribution >= 4 is 0 Å². The molecule has 0 aromatic heterocycles. The van der Waals surface area contributed by atoms with Gasteiger partial charge in [0.05, 0.1) is 12.2 Å². The molecule has 1 saturated carbocycles. The van der Waals surface area contributed by atoms with Gasteiger partial charge in [0.2, 0.25) is 0 Å². The Balaban J connectivity index is 2.41. The molecule has 3 atom stereocenters. The Morgan fingerprint density at radius 1 is 1.50 bits per heavy atom. The Kier molecular flexibility index (Phi) is 2.65. The number of aliphatic hydroxyl groups is 2. The highest BCUT2D eigenvalue weighted by molar-refractivity contribution is 4.83. The van der Waals surface area contributed by atoms with Crippen molar-refractivity contribution in [2.45, 2.75) is 25.0 Å². The number of hydrogen-bond acceptors (Lipinski definition) is 3. The van der Waals surface area contributed by atoms with Crippen molar-refractivity contribution in [3.63, 3.8) is 0 Å². The molecule has 0 amide bonds. The maximum Gasteiger partial charge on any atom is 0.0646 e. The SMILES string of the molecule is COC1C[C@@H](O)C[C@H]1CO. The highest BCUT2D eigenvalue weighted by Crippen LogP contribution is 2.27. The molecule has 1 fully saturated rings. The largest absolute Gasteiger partial charge is 0.396 e. The van der Waals surface area contributed by atoms with Crippen molar-refractivity contribution in [3.8, 4) is 0 Å². The van der Waals surface area contributed by atoms with Gasteiger partial charge in [-0.05, 0) is 12.8 Å². The smallest absolute Gasteiger partial charge is 0.0646 e. The van der Waals surface area contributed by atoms with Crippen LogP contribution in [0.2, 0.25) is 0 Å². The monoisotopic (exact) mass is 146 g/mol. The quantitative estimate of drug-likeness (QED) is 0.565. The molecule has 0 aliphatic heterocycles. The normalized spacial score (nSPS) is 40.5. The van der Waals surface area contributed by atoms with Gasteiger partial charge in [-0.15, -0.1) is 0 Å². The molecule has 1 rings (SSSR count). The Bertz CT molecular complexity index is 93.0. The molecule has 1 aliphatic rings. The van der Waals surface area contributed by atoms with Crippen molar-refractivity contribution in [1.82, 2.24) is 0 Å². The van der Waals surface area contributed by atoms with Crippen LogP contribution >= 0.6 is 0 Å². The van der Waals surface area contributed by atoms with E-state index in [2.05, 4.69) is 0 Å². The fourth-order valence-electron chi connectivity index (χ4n) is 1.54. The van der Waals surface area contributed by atoms with Gasteiger partial charge in [-0.1, -0.05) is 0 Å². The summed E-state index contributed by atoms with van der Waals surface area (Å²) in [6.45, 7) is 0.121. The van der Waals surface area contributed by atoms with Crippen LogP contribution < -0.4 is 0 Å². The second-order valence-electron chi connectivity index (χ2n) is 2.84. The van der Waals surface area contributed by atoms with Gasteiger partial charge in [-0.25, -0.2) is 0 Å². The van der Waals surface area contributed by atoms with E-state index in [1.165, 1.54) is 0 Å². The Labute approximate surface area is 60.6 Å². The third kappa shape index (κ3) is 1.48. The molecule has 0 radical (unpaired) electrons. The van der Waals surface area contributed by atoms with Crippen LogP contribution in [0.3, 0.4) is 0 Å². The van der Waals surface area contributed by atoms with Crippen LogP contribution in [0, 0.1) is 5.92 Å². The van der Waals surface area contributed by atoms with E-state index in [9.17, 15) is 0 Å². The van der Waals surface area contributed by atoms with Crippen molar-refractivity contribution in [3.05, 3.63) is 0 Å².